The number of Topliss-reactive ketones (excluding diaryl/α,β-unsaturated/α-hetero) is 1. The number of ketones is 1. The van der Waals surface area contributed by atoms with E-state index in [9.17, 15) is 4.79 Å². The highest BCUT2D eigenvalue weighted by Gasteiger charge is 2.15. The van der Waals surface area contributed by atoms with Gasteiger partial charge in [0.15, 0.2) is 5.78 Å². The molecule has 0 N–H and O–H groups in total. The predicted molar refractivity (Wildman–Crippen MR) is 55.4 cm³/mol. The van der Waals surface area contributed by atoms with Gasteiger partial charge in [-0.2, -0.15) is 5.26 Å². The van der Waals surface area contributed by atoms with Crippen molar-refractivity contribution in [2.75, 3.05) is 7.11 Å². The summed E-state index contributed by atoms with van der Waals surface area (Å²) in [6.07, 6.45) is 0. The number of halogens is 1. The van der Waals surface area contributed by atoms with Crippen molar-refractivity contribution in [1.82, 2.24) is 0 Å². The number of carbonyl (C=O) groups excluding carboxylic acids is 1. The van der Waals surface area contributed by atoms with Crippen LogP contribution in [0.1, 0.15) is 22.8 Å². The molecule has 1 aromatic carbocycles. The van der Waals surface area contributed by atoms with Crippen molar-refractivity contribution in [1.29, 1.82) is 5.26 Å². The highest BCUT2D eigenvalue weighted by Crippen LogP contribution is 2.31. The fraction of sp³-hybridized carbons (Fsp3) is 0.200. The van der Waals surface area contributed by atoms with Gasteiger partial charge in [-0.25, -0.2) is 0 Å². The molecular formula is C10H8BrNO2. The summed E-state index contributed by atoms with van der Waals surface area (Å²) in [7, 11) is 1.51. The Hall–Kier alpha value is -1.34. The summed E-state index contributed by atoms with van der Waals surface area (Å²) in [4.78, 5) is 11.3. The van der Waals surface area contributed by atoms with E-state index in [0.29, 0.717) is 21.3 Å². The van der Waals surface area contributed by atoms with Crippen molar-refractivity contribution in [2.45, 2.75) is 6.92 Å². The van der Waals surface area contributed by atoms with Crippen LogP contribution in [0.3, 0.4) is 0 Å². The SMILES string of the molecule is COc1ccc(C#N)c(C(C)=O)c1Br. The largest absolute Gasteiger partial charge is 0.496 e. The number of benzene rings is 1. The molecule has 0 unspecified atom stereocenters. The number of ether oxygens (including phenoxy) is 1. The van der Waals surface area contributed by atoms with Crippen LogP contribution in [0.4, 0.5) is 0 Å². The second-order valence-corrected chi connectivity index (χ2v) is 3.47. The molecule has 0 aromatic heterocycles. The lowest BCUT2D eigenvalue weighted by atomic mass is 10.1. The zero-order valence-electron chi connectivity index (χ0n) is 7.80. The lowest BCUT2D eigenvalue weighted by Gasteiger charge is -2.07. The molecule has 0 amide bonds. The highest BCUT2D eigenvalue weighted by molar-refractivity contribution is 9.10. The summed E-state index contributed by atoms with van der Waals surface area (Å²) in [6.45, 7) is 1.42. The normalized spacial score (nSPS) is 9.29. The average Bonchev–Trinajstić information content (AvgIpc) is 2.16. The van der Waals surface area contributed by atoms with E-state index >= 15 is 0 Å². The van der Waals surface area contributed by atoms with E-state index in [1.54, 1.807) is 12.1 Å². The van der Waals surface area contributed by atoms with Gasteiger partial charge in [0.25, 0.3) is 0 Å². The summed E-state index contributed by atoms with van der Waals surface area (Å²) in [5.41, 5.74) is 0.719. The highest BCUT2D eigenvalue weighted by atomic mass is 79.9. The molecule has 0 atom stereocenters. The molecule has 0 bridgehead atoms. The van der Waals surface area contributed by atoms with Crippen molar-refractivity contribution in [3.05, 3.63) is 27.7 Å². The first-order valence-electron chi connectivity index (χ1n) is 3.89. The van der Waals surface area contributed by atoms with E-state index in [-0.39, 0.29) is 5.78 Å². The Bertz CT molecular complexity index is 421. The minimum absolute atomic E-state index is 0.160. The van der Waals surface area contributed by atoms with Gasteiger partial charge in [0.2, 0.25) is 0 Å². The molecule has 0 aliphatic heterocycles. The van der Waals surface area contributed by atoms with Crippen molar-refractivity contribution in [3.63, 3.8) is 0 Å². The third kappa shape index (κ3) is 1.78. The quantitative estimate of drug-likeness (QED) is 0.762. The molecule has 1 rings (SSSR count). The molecule has 1 aromatic rings. The van der Waals surface area contributed by atoms with E-state index in [1.165, 1.54) is 14.0 Å². The fourth-order valence-electron chi connectivity index (χ4n) is 1.15. The maximum atomic E-state index is 11.3. The van der Waals surface area contributed by atoms with Crippen molar-refractivity contribution >= 4 is 21.7 Å². The lowest BCUT2D eigenvalue weighted by molar-refractivity contribution is 0.101. The Morgan fingerprint density at radius 1 is 1.57 bits per heavy atom. The smallest absolute Gasteiger partial charge is 0.162 e. The molecule has 3 nitrogen and oxygen atoms in total. The van der Waals surface area contributed by atoms with Crippen LogP contribution in [0.2, 0.25) is 0 Å². The van der Waals surface area contributed by atoms with E-state index < -0.39 is 0 Å². The summed E-state index contributed by atoms with van der Waals surface area (Å²) >= 11 is 3.24. The minimum atomic E-state index is -0.160. The maximum absolute atomic E-state index is 11.3. The third-order valence-electron chi connectivity index (χ3n) is 1.80. The molecule has 0 radical (unpaired) electrons. The van der Waals surface area contributed by atoms with Crippen LogP contribution in [0.5, 0.6) is 5.75 Å². The molecule has 0 aliphatic rings. The van der Waals surface area contributed by atoms with Crippen molar-refractivity contribution in [2.24, 2.45) is 0 Å². The van der Waals surface area contributed by atoms with Gasteiger partial charge in [0.05, 0.1) is 28.8 Å². The average molecular weight is 254 g/mol. The monoisotopic (exact) mass is 253 g/mol. The Kier molecular flexibility index (Phi) is 3.26. The molecule has 72 valence electrons. The van der Waals surface area contributed by atoms with Gasteiger partial charge in [0.1, 0.15) is 5.75 Å². The van der Waals surface area contributed by atoms with Crippen LogP contribution >= 0.6 is 15.9 Å². The first-order chi connectivity index (χ1) is 6.61. The van der Waals surface area contributed by atoms with Crippen LogP contribution in [-0.2, 0) is 0 Å². The van der Waals surface area contributed by atoms with E-state index in [0.717, 1.165) is 0 Å². The Morgan fingerprint density at radius 2 is 2.21 bits per heavy atom. The van der Waals surface area contributed by atoms with Crippen LogP contribution in [0, 0.1) is 11.3 Å². The minimum Gasteiger partial charge on any atom is -0.496 e. The lowest BCUT2D eigenvalue weighted by Crippen LogP contribution is -2.00. The van der Waals surface area contributed by atoms with Gasteiger partial charge in [-0.15, -0.1) is 0 Å². The fourth-order valence-corrected chi connectivity index (χ4v) is 1.94. The number of methoxy groups -OCH3 is 1. The Balaban J connectivity index is 3.49. The molecule has 14 heavy (non-hydrogen) atoms. The molecule has 0 saturated carbocycles. The van der Waals surface area contributed by atoms with Gasteiger partial charge >= 0.3 is 0 Å². The summed E-state index contributed by atoms with van der Waals surface area (Å²) in [5.74, 6) is 0.390. The number of nitriles is 1. The summed E-state index contributed by atoms with van der Waals surface area (Å²) in [5, 5.41) is 8.79. The van der Waals surface area contributed by atoms with E-state index in [4.69, 9.17) is 10.00 Å². The van der Waals surface area contributed by atoms with Crippen LogP contribution in [0.25, 0.3) is 0 Å². The van der Waals surface area contributed by atoms with E-state index in [1.807, 2.05) is 6.07 Å². The number of hydrogen-bond acceptors (Lipinski definition) is 3. The number of hydrogen-bond donors (Lipinski definition) is 0. The third-order valence-corrected chi connectivity index (χ3v) is 2.59. The zero-order chi connectivity index (χ0) is 10.7. The number of nitrogens with zero attached hydrogens (tertiary/aromatic N) is 1. The molecule has 0 saturated heterocycles. The standard InChI is InChI=1S/C10H8BrNO2/c1-6(13)9-7(5-12)3-4-8(14-2)10(9)11/h3-4H,1-2H3. The first-order valence-corrected chi connectivity index (χ1v) is 4.68. The van der Waals surface area contributed by atoms with Crippen LogP contribution in [0.15, 0.2) is 16.6 Å². The molecule has 0 aliphatic carbocycles. The second kappa shape index (κ2) is 4.25. The van der Waals surface area contributed by atoms with Crippen LogP contribution in [-0.4, -0.2) is 12.9 Å². The topological polar surface area (TPSA) is 50.1 Å². The Morgan fingerprint density at radius 3 is 2.64 bits per heavy atom. The zero-order valence-corrected chi connectivity index (χ0v) is 9.38. The Labute approximate surface area is 90.4 Å². The molecule has 0 fully saturated rings. The number of rotatable bonds is 2. The van der Waals surface area contributed by atoms with E-state index in [2.05, 4.69) is 15.9 Å². The second-order valence-electron chi connectivity index (χ2n) is 2.67. The van der Waals surface area contributed by atoms with Crippen molar-refractivity contribution in [3.8, 4) is 11.8 Å². The molecule has 0 spiro atoms. The van der Waals surface area contributed by atoms with Gasteiger partial charge in [-0.1, -0.05) is 0 Å². The van der Waals surface area contributed by atoms with Gasteiger partial charge in [0, 0.05) is 0 Å². The molecular weight excluding hydrogens is 246 g/mol. The molecule has 0 heterocycles. The summed E-state index contributed by atoms with van der Waals surface area (Å²) < 4.78 is 5.56. The van der Waals surface area contributed by atoms with Crippen LogP contribution < -0.4 is 4.74 Å². The van der Waals surface area contributed by atoms with Gasteiger partial charge in [-0.05, 0) is 35.0 Å². The molecule has 4 heteroatoms. The summed E-state index contributed by atoms with van der Waals surface area (Å²) in [6, 6.07) is 5.18. The van der Waals surface area contributed by atoms with Crippen molar-refractivity contribution < 1.29 is 9.53 Å². The predicted octanol–water partition coefficient (Wildman–Crippen LogP) is 2.53. The first kappa shape index (κ1) is 10.7. The van der Waals surface area contributed by atoms with Gasteiger partial charge in [-0.3, -0.25) is 4.79 Å². The van der Waals surface area contributed by atoms with Gasteiger partial charge < -0.3 is 4.74 Å². The maximum Gasteiger partial charge on any atom is 0.162 e. The number of carbonyl (C=O) groups is 1.